The maximum absolute atomic E-state index is 12.0. The zero-order valence-electron chi connectivity index (χ0n) is 10.8. The zero-order chi connectivity index (χ0) is 13.8. The van der Waals surface area contributed by atoms with E-state index in [4.69, 9.17) is 5.73 Å². The second-order valence-electron chi connectivity index (χ2n) is 4.94. The van der Waals surface area contributed by atoms with E-state index in [1.165, 1.54) is 5.56 Å². The van der Waals surface area contributed by atoms with Gasteiger partial charge in [0.05, 0.1) is 0 Å². The fourth-order valence-electron chi connectivity index (χ4n) is 1.82. The second-order valence-corrected chi connectivity index (χ2v) is 4.94. The summed E-state index contributed by atoms with van der Waals surface area (Å²) in [5.74, 6) is 0.445. The van der Waals surface area contributed by atoms with Gasteiger partial charge in [0.2, 0.25) is 0 Å². The number of benzene rings is 1. The molecule has 18 heavy (non-hydrogen) atoms. The molecule has 1 nitrogen and oxygen atoms in total. The van der Waals surface area contributed by atoms with Crippen LogP contribution in [0.2, 0.25) is 0 Å². The van der Waals surface area contributed by atoms with Crippen LogP contribution in [-0.4, -0.2) is 6.18 Å². The molecule has 0 aliphatic carbocycles. The third-order valence-corrected chi connectivity index (χ3v) is 3.01. The van der Waals surface area contributed by atoms with E-state index in [9.17, 15) is 13.2 Å². The first-order chi connectivity index (χ1) is 8.29. The molecule has 1 unspecified atom stereocenters. The lowest BCUT2D eigenvalue weighted by Crippen LogP contribution is -2.13. The van der Waals surface area contributed by atoms with E-state index in [1.807, 2.05) is 24.3 Å². The minimum absolute atomic E-state index is 0.0800. The van der Waals surface area contributed by atoms with Gasteiger partial charge < -0.3 is 5.73 Å². The van der Waals surface area contributed by atoms with Gasteiger partial charge in [0.1, 0.15) is 0 Å². The molecule has 4 heteroatoms. The zero-order valence-corrected chi connectivity index (χ0v) is 10.8. The standard InChI is InChI=1S/C14H20F3N/c1-10(2)11-5-7-12(8-6-11)13(18)4-3-9-14(15,16)17/h5-8,10,13H,3-4,9,18H2,1-2H3. The maximum Gasteiger partial charge on any atom is 0.389 e. The molecule has 0 saturated heterocycles. The fraction of sp³-hybridized carbons (Fsp3) is 0.571. The third kappa shape index (κ3) is 5.08. The normalized spacial score (nSPS) is 13.9. The molecule has 2 N–H and O–H groups in total. The molecule has 0 amide bonds. The van der Waals surface area contributed by atoms with Crippen LogP contribution in [0.4, 0.5) is 13.2 Å². The molecular weight excluding hydrogens is 239 g/mol. The van der Waals surface area contributed by atoms with E-state index in [2.05, 4.69) is 13.8 Å². The number of alkyl halides is 3. The third-order valence-electron chi connectivity index (χ3n) is 3.01. The van der Waals surface area contributed by atoms with Crippen molar-refractivity contribution in [2.24, 2.45) is 5.73 Å². The molecule has 0 bridgehead atoms. The second kappa shape index (κ2) is 6.23. The first kappa shape index (κ1) is 15.0. The maximum atomic E-state index is 12.0. The molecule has 0 aliphatic rings. The van der Waals surface area contributed by atoms with Crippen LogP contribution in [0.3, 0.4) is 0 Å². The molecular formula is C14H20F3N. The van der Waals surface area contributed by atoms with Crippen LogP contribution >= 0.6 is 0 Å². The molecule has 0 fully saturated rings. The average Bonchev–Trinajstić information content (AvgIpc) is 2.27. The van der Waals surface area contributed by atoms with Gasteiger partial charge in [0.15, 0.2) is 0 Å². The van der Waals surface area contributed by atoms with E-state index in [-0.39, 0.29) is 12.5 Å². The van der Waals surface area contributed by atoms with Crippen molar-refractivity contribution >= 4 is 0 Å². The number of rotatable bonds is 5. The minimum atomic E-state index is -4.08. The number of hydrogen-bond acceptors (Lipinski definition) is 1. The molecule has 0 heterocycles. The largest absolute Gasteiger partial charge is 0.389 e. The van der Waals surface area contributed by atoms with Crippen molar-refractivity contribution in [1.82, 2.24) is 0 Å². The van der Waals surface area contributed by atoms with E-state index in [0.29, 0.717) is 12.3 Å². The Morgan fingerprint density at radius 2 is 1.56 bits per heavy atom. The Balaban J connectivity index is 2.49. The molecule has 102 valence electrons. The lowest BCUT2D eigenvalue weighted by molar-refractivity contribution is -0.135. The predicted octanol–water partition coefficient (Wildman–Crippen LogP) is 4.54. The lowest BCUT2D eigenvalue weighted by atomic mass is 9.97. The number of nitrogens with two attached hydrogens (primary N) is 1. The first-order valence-electron chi connectivity index (χ1n) is 6.22. The highest BCUT2D eigenvalue weighted by atomic mass is 19.4. The highest BCUT2D eigenvalue weighted by Gasteiger charge is 2.26. The van der Waals surface area contributed by atoms with Gasteiger partial charge in [-0.1, -0.05) is 38.1 Å². The van der Waals surface area contributed by atoms with Crippen LogP contribution in [0, 0.1) is 0 Å². The summed E-state index contributed by atoms with van der Waals surface area (Å²) >= 11 is 0. The molecule has 1 aromatic carbocycles. The van der Waals surface area contributed by atoms with Crippen LogP contribution in [0.1, 0.15) is 56.2 Å². The summed E-state index contributed by atoms with van der Waals surface area (Å²) in [7, 11) is 0. The summed E-state index contributed by atoms with van der Waals surface area (Å²) in [5, 5.41) is 0. The molecule has 0 radical (unpaired) electrons. The molecule has 0 saturated carbocycles. The van der Waals surface area contributed by atoms with Gasteiger partial charge >= 0.3 is 6.18 Å². The van der Waals surface area contributed by atoms with Gasteiger partial charge in [0.25, 0.3) is 0 Å². The molecule has 0 aliphatic heterocycles. The van der Waals surface area contributed by atoms with E-state index >= 15 is 0 Å². The summed E-state index contributed by atoms with van der Waals surface area (Å²) < 4.78 is 36.0. The highest BCUT2D eigenvalue weighted by molar-refractivity contribution is 5.26. The number of halogens is 3. The Kier molecular flexibility index (Phi) is 5.20. The van der Waals surface area contributed by atoms with Gasteiger partial charge in [-0.2, -0.15) is 13.2 Å². The Labute approximate surface area is 106 Å². The molecule has 1 aromatic rings. The topological polar surface area (TPSA) is 26.0 Å². The summed E-state index contributed by atoms with van der Waals surface area (Å²) in [6.45, 7) is 4.19. The SMILES string of the molecule is CC(C)c1ccc(C(N)CCCC(F)(F)F)cc1. The van der Waals surface area contributed by atoms with E-state index in [1.54, 1.807) is 0 Å². The van der Waals surface area contributed by atoms with Crippen molar-refractivity contribution < 1.29 is 13.2 Å². The van der Waals surface area contributed by atoms with Crippen molar-refractivity contribution in [2.75, 3.05) is 0 Å². The van der Waals surface area contributed by atoms with Crippen LogP contribution in [-0.2, 0) is 0 Å². The molecule has 0 aromatic heterocycles. The predicted molar refractivity (Wildman–Crippen MR) is 67.4 cm³/mol. The monoisotopic (exact) mass is 259 g/mol. The summed E-state index contributed by atoms with van der Waals surface area (Å²) in [4.78, 5) is 0. The average molecular weight is 259 g/mol. The van der Waals surface area contributed by atoms with Crippen LogP contribution in [0.25, 0.3) is 0 Å². The van der Waals surface area contributed by atoms with E-state index in [0.717, 1.165) is 5.56 Å². The Bertz CT molecular complexity index is 354. The summed E-state index contributed by atoms with van der Waals surface area (Å²) in [6, 6.07) is 7.49. The van der Waals surface area contributed by atoms with Crippen molar-refractivity contribution in [3.8, 4) is 0 Å². The summed E-state index contributed by atoms with van der Waals surface area (Å²) in [6.07, 6.45) is -4.40. The molecule has 0 spiro atoms. The minimum Gasteiger partial charge on any atom is -0.324 e. The molecule has 1 atom stereocenters. The van der Waals surface area contributed by atoms with Gasteiger partial charge in [-0.25, -0.2) is 0 Å². The highest BCUT2D eigenvalue weighted by Crippen LogP contribution is 2.26. The van der Waals surface area contributed by atoms with Crippen molar-refractivity contribution in [3.05, 3.63) is 35.4 Å². The smallest absolute Gasteiger partial charge is 0.324 e. The Morgan fingerprint density at radius 3 is 2.00 bits per heavy atom. The van der Waals surface area contributed by atoms with Crippen molar-refractivity contribution in [1.29, 1.82) is 0 Å². The first-order valence-corrected chi connectivity index (χ1v) is 6.22. The van der Waals surface area contributed by atoms with Crippen LogP contribution in [0.15, 0.2) is 24.3 Å². The Hall–Kier alpha value is -1.03. The number of hydrogen-bond donors (Lipinski definition) is 1. The lowest BCUT2D eigenvalue weighted by Gasteiger charge is -2.14. The van der Waals surface area contributed by atoms with Gasteiger partial charge in [-0.05, 0) is 29.9 Å². The van der Waals surface area contributed by atoms with Crippen LogP contribution in [0.5, 0.6) is 0 Å². The van der Waals surface area contributed by atoms with Gasteiger partial charge in [0, 0.05) is 12.5 Å². The molecule has 1 rings (SSSR count). The fourth-order valence-corrected chi connectivity index (χ4v) is 1.82. The van der Waals surface area contributed by atoms with E-state index < -0.39 is 12.6 Å². The summed E-state index contributed by atoms with van der Waals surface area (Å²) in [5.41, 5.74) is 8.00. The quantitative estimate of drug-likeness (QED) is 0.825. The van der Waals surface area contributed by atoms with Crippen LogP contribution < -0.4 is 5.73 Å². The Morgan fingerprint density at radius 1 is 1.06 bits per heavy atom. The van der Waals surface area contributed by atoms with Gasteiger partial charge in [-0.15, -0.1) is 0 Å². The van der Waals surface area contributed by atoms with Crippen molar-refractivity contribution in [3.63, 3.8) is 0 Å². The van der Waals surface area contributed by atoms with Gasteiger partial charge in [-0.3, -0.25) is 0 Å². The van der Waals surface area contributed by atoms with Crippen molar-refractivity contribution in [2.45, 2.75) is 51.2 Å².